The second-order valence-electron chi connectivity index (χ2n) is 8.39. The van der Waals surface area contributed by atoms with E-state index in [2.05, 4.69) is 33.5 Å². The van der Waals surface area contributed by atoms with E-state index in [4.69, 9.17) is 9.72 Å². The van der Waals surface area contributed by atoms with Crippen LogP contribution >= 0.6 is 0 Å². The van der Waals surface area contributed by atoms with Crippen LogP contribution in [-0.4, -0.2) is 52.0 Å². The fourth-order valence-electron chi connectivity index (χ4n) is 4.78. The number of likely N-dealkylation sites (tertiary alicyclic amines) is 1. The SMILES string of the molecule is COc1cccc(CN2CCC3(C2)c2ncn(C)c2CCN3C(=O)C(C)C)c1. The minimum Gasteiger partial charge on any atom is -0.497 e. The highest BCUT2D eigenvalue weighted by atomic mass is 16.5. The van der Waals surface area contributed by atoms with Crippen molar-refractivity contribution >= 4 is 5.91 Å². The first-order chi connectivity index (χ1) is 13.4. The van der Waals surface area contributed by atoms with Gasteiger partial charge in [-0.05, 0) is 24.1 Å². The average Bonchev–Trinajstić information content (AvgIpc) is 3.27. The van der Waals surface area contributed by atoms with Gasteiger partial charge in [0, 0.05) is 51.3 Å². The summed E-state index contributed by atoms with van der Waals surface area (Å²) in [7, 11) is 3.76. The van der Waals surface area contributed by atoms with Gasteiger partial charge < -0.3 is 14.2 Å². The molecule has 1 unspecified atom stereocenters. The highest BCUT2D eigenvalue weighted by Crippen LogP contribution is 2.43. The number of amides is 1. The van der Waals surface area contributed by atoms with E-state index in [0.717, 1.165) is 50.5 Å². The zero-order valence-corrected chi connectivity index (χ0v) is 17.3. The normalized spacial score (nSPS) is 22.1. The Labute approximate surface area is 167 Å². The van der Waals surface area contributed by atoms with Crippen molar-refractivity contribution in [3.05, 3.63) is 47.5 Å². The third kappa shape index (κ3) is 3.09. The van der Waals surface area contributed by atoms with Gasteiger partial charge in [-0.2, -0.15) is 0 Å². The summed E-state index contributed by atoms with van der Waals surface area (Å²) in [6.45, 7) is 7.39. The Morgan fingerprint density at radius 3 is 2.89 bits per heavy atom. The molecule has 1 atom stereocenters. The Morgan fingerprint density at radius 2 is 2.14 bits per heavy atom. The van der Waals surface area contributed by atoms with E-state index in [0.29, 0.717) is 0 Å². The predicted molar refractivity (Wildman–Crippen MR) is 108 cm³/mol. The van der Waals surface area contributed by atoms with E-state index in [-0.39, 0.29) is 17.4 Å². The lowest BCUT2D eigenvalue weighted by molar-refractivity contribution is -0.142. The summed E-state index contributed by atoms with van der Waals surface area (Å²) in [4.78, 5) is 22.4. The number of carbonyl (C=O) groups is 1. The van der Waals surface area contributed by atoms with E-state index in [1.165, 1.54) is 11.3 Å². The molecule has 0 aliphatic carbocycles. The Kier molecular flexibility index (Phi) is 4.91. The molecule has 1 saturated heterocycles. The maximum absolute atomic E-state index is 13.1. The lowest BCUT2D eigenvalue weighted by Crippen LogP contribution is -2.56. The smallest absolute Gasteiger partial charge is 0.225 e. The van der Waals surface area contributed by atoms with Crippen LogP contribution < -0.4 is 4.74 Å². The van der Waals surface area contributed by atoms with E-state index in [1.807, 2.05) is 32.3 Å². The molecular formula is C22H30N4O2. The van der Waals surface area contributed by atoms with Gasteiger partial charge in [-0.1, -0.05) is 26.0 Å². The van der Waals surface area contributed by atoms with Crippen LogP contribution in [-0.2, 0) is 30.3 Å². The maximum atomic E-state index is 13.1. The largest absolute Gasteiger partial charge is 0.497 e. The Morgan fingerprint density at radius 1 is 1.32 bits per heavy atom. The highest BCUT2D eigenvalue weighted by molar-refractivity contribution is 5.79. The minimum atomic E-state index is -0.310. The summed E-state index contributed by atoms with van der Waals surface area (Å²) in [6.07, 6.45) is 3.71. The molecule has 2 aliphatic rings. The molecule has 2 aliphatic heterocycles. The van der Waals surface area contributed by atoms with Gasteiger partial charge in [-0.15, -0.1) is 0 Å². The van der Waals surface area contributed by atoms with Crippen molar-refractivity contribution < 1.29 is 9.53 Å². The number of benzene rings is 1. The van der Waals surface area contributed by atoms with Crippen molar-refractivity contribution in [2.24, 2.45) is 13.0 Å². The Hall–Kier alpha value is -2.34. The molecule has 0 N–H and O–H groups in total. The molecule has 1 aromatic carbocycles. The number of fused-ring (bicyclic) bond motifs is 2. The first kappa shape index (κ1) is 19.0. The van der Waals surface area contributed by atoms with Crippen molar-refractivity contribution in [1.82, 2.24) is 19.4 Å². The molecule has 2 aromatic rings. The van der Waals surface area contributed by atoms with Crippen LogP contribution in [0.4, 0.5) is 0 Å². The number of rotatable bonds is 4. The van der Waals surface area contributed by atoms with Crippen molar-refractivity contribution in [2.45, 2.75) is 38.8 Å². The van der Waals surface area contributed by atoms with Gasteiger partial charge >= 0.3 is 0 Å². The molecule has 0 saturated carbocycles. The monoisotopic (exact) mass is 382 g/mol. The van der Waals surface area contributed by atoms with Gasteiger partial charge in [-0.3, -0.25) is 9.69 Å². The summed E-state index contributed by atoms with van der Waals surface area (Å²) in [6, 6.07) is 8.23. The number of hydrogen-bond donors (Lipinski definition) is 0. The van der Waals surface area contributed by atoms with E-state index in [1.54, 1.807) is 7.11 Å². The van der Waals surface area contributed by atoms with Crippen LogP contribution in [0.25, 0.3) is 0 Å². The summed E-state index contributed by atoms with van der Waals surface area (Å²) < 4.78 is 7.49. The van der Waals surface area contributed by atoms with Crippen molar-refractivity contribution in [2.75, 3.05) is 26.7 Å². The molecule has 1 spiro atoms. The summed E-state index contributed by atoms with van der Waals surface area (Å²) >= 11 is 0. The topological polar surface area (TPSA) is 50.6 Å². The first-order valence-electron chi connectivity index (χ1n) is 10.1. The Balaban J connectivity index is 1.64. The quantitative estimate of drug-likeness (QED) is 0.816. The molecule has 28 heavy (non-hydrogen) atoms. The van der Waals surface area contributed by atoms with Crippen molar-refractivity contribution in [3.63, 3.8) is 0 Å². The zero-order chi connectivity index (χ0) is 19.9. The highest BCUT2D eigenvalue weighted by Gasteiger charge is 2.51. The van der Waals surface area contributed by atoms with Gasteiger partial charge in [0.1, 0.15) is 11.3 Å². The number of hydrogen-bond acceptors (Lipinski definition) is 4. The second-order valence-corrected chi connectivity index (χ2v) is 8.39. The predicted octanol–water partition coefficient (Wildman–Crippen LogP) is 2.57. The Bertz CT molecular complexity index is 875. The van der Waals surface area contributed by atoms with Crippen LogP contribution in [0.3, 0.4) is 0 Å². The van der Waals surface area contributed by atoms with Crippen LogP contribution in [0.2, 0.25) is 0 Å². The first-order valence-corrected chi connectivity index (χ1v) is 10.1. The molecule has 6 heteroatoms. The van der Waals surface area contributed by atoms with Gasteiger partial charge in [-0.25, -0.2) is 4.98 Å². The van der Waals surface area contributed by atoms with E-state index >= 15 is 0 Å². The number of methoxy groups -OCH3 is 1. The molecule has 1 aromatic heterocycles. The minimum absolute atomic E-state index is 0.00503. The maximum Gasteiger partial charge on any atom is 0.225 e. The standard InChI is InChI=1S/C22H30N4O2/c1-16(2)21(27)26-10-8-19-20(23-15-24(19)3)22(26)9-11-25(14-22)13-17-6-5-7-18(12-17)28-4/h5-7,12,15-16H,8-11,13-14H2,1-4H3. The van der Waals surface area contributed by atoms with Gasteiger partial charge in [0.25, 0.3) is 0 Å². The summed E-state index contributed by atoms with van der Waals surface area (Å²) in [5.74, 6) is 1.11. The van der Waals surface area contributed by atoms with Crippen LogP contribution in [0.1, 0.15) is 37.2 Å². The van der Waals surface area contributed by atoms with E-state index in [9.17, 15) is 4.79 Å². The summed E-state index contributed by atoms with van der Waals surface area (Å²) in [5.41, 5.74) is 3.30. The van der Waals surface area contributed by atoms with Crippen molar-refractivity contribution in [3.8, 4) is 5.75 Å². The summed E-state index contributed by atoms with van der Waals surface area (Å²) in [5, 5.41) is 0. The second kappa shape index (κ2) is 7.24. The van der Waals surface area contributed by atoms with Crippen LogP contribution in [0.5, 0.6) is 5.75 Å². The number of ether oxygens (including phenoxy) is 1. The number of imidazole rings is 1. The van der Waals surface area contributed by atoms with Gasteiger partial charge in [0.15, 0.2) is 0 Å². The fourth-order valence-corrected chi connectivity index (χ4v) is 4.78. The lowest BCUT2D eigenvalue weighted by Gasteiger charge is -2.45. The van der Waals surface area contributed by atoms with Crippen LogP contribution in [0.15, 0.2) is 30.6 Å². The van der Waals surface area contributed by atoms with Gasteiger partial charge in [0.05, 0.1) is 19.1 Å². The fraction of sp³-hybridized carbons (Fsp3) is 0.545. The van der Waals surface area contributed by atoms with E-state index < -0.39 is 0 Å². The number of carbonyl (C=O) groups excluding carboxylic acids is 1. The molecular weight excluding hydrogens is 352 g/mol. The third-order valence-electron chi connectivity index (χ3n) is 6.22. The molecule has 1 fully saturated rings. The number of nitrogens with zero attached hydrogens (tertiary/aromatic N) is 4. The zero-order valence-electron chi connectivity index (χ0n) is 17.3. The average molecular weight is 383 g/mol. The third-order valence-corrected chi connectivity index (χ3v) is 6.22. The van der Waals surface area contributed by atoms with Crippen LogP contribution in [0, 0.1) is 5.92 Å². The molecule has 3 heterocycles. The molecule has 0 bridgehead atoms. The molecule has 150 valence electrons. The molecule has 4 rings (SSSR count). The molecule has 1 amide bonds. The number of aromatic nitrogens is 2. The molecule has 6 nitrogen and oxygen atoms in total. The van der Waals surface area contributed by atoms with Gasteiger partial charge in [0.2, 0.25) is 5.91 Å². The lowest BCUT2D eigenvalue weighted by atomic mass is 9.85. The van der Waals surface area contributed by atoms with Crippen molar-refractivity contribution in [1.29, 1.82) is 0 Å². The number of aryl methyl sites for hydroxylation is 1. The molecule has 0 radical (unpaired) electrons.